The summed E-state index contributed by atoms with van der Waals surface area (Å²) >= 11 is 6.18. The maximum absolute atomic E-state index is 12.9. The van der Waals surface area contributed by atoms with Crippen molar-refractivity contribution < 1.29 is 19.1 Å². The van der Waals surface area contributed by atoms with Crippen molar-refractivity contribution in [2.24, 2.45) is 0 Å². The molecule has 1 N–H and O–H groups in total. The van der Waals surface area contributed by atoms with Gasteiger partial charge >= 0.3 is 5.97 Å². The average Bonchev–Trinajstić information content (AvgIpc) is 2.95. The van der Waals surface area contributed by atoms with Gasteiger partial charge < -0.3 is 10.1 Å². The molecule has 1 heterocycles. The van der Waals surface area contributed by atoms with Crippen LogP contribution in [0.1, 0.15) is 36.2 Å². The molecule has 0 unspecified atom stereocenters. The average molecular weight is 413 g/mol. The van der Waals surface area contributed by atoms with Gasteiger partial charge in [-0.25, -0.2) is 9.69 Å². The number of hydrogen-bond acceptors (Lipinski definition) is 5. The smallest absolute Gasteiger partial charge is 0.338 e. The molecule has 29 heavy (non-hydrogen) atoms. The highest BCUT2D eigenvalue weighted by atomic mass is 35.5. The van der Waals surface area contributed by atoms with Gasteiger partial charge in [0.1, 0.15) is 10.7 Å². The summed E-state index contributed by atoms with van der Waals surface area (Å²) in [7, 11) is 0. The number of benzene rings is 2. The second-order valence-corrected chi connectivity index (χ2v) is 6.83. The summed E-state index contributed by atoms with van der Waals surface area (Å²) < 4.78 is 5.08. The summed E-state index contributed by atoms with van der Waals surface area (Å²) in [6, 6.07) is 13.6. The maximum atomic E-state index is 12.9. The highest BCUT2D eigenvalue weighted by molar-refractivity contribution is 6.53. The van der Waals surface area contributed by atoms with E-state index in [4.69, 9.17) is 16.3 Å². The summed E-state index contributed by atoms with van der Waals surface area (Å²) in [5.41, 5.74) is 2.42. The lowest BCUT2D eigenvalue weighted by atomic mass is 10.1. The fourth-order valence-corrected chi connectivity index (χ4v) is 3.17. The Labute approximate surface area is 174 Å². The summed E-state index contributed by atoms with van der Waals surface area (Å²) in [4.78, 5) is 38.4. The van der Waals surface area contributed by atoms with Crippen LogP contribution in [-0.4, -0.2) is 24.4 Å². The Kier molecular flexibility index (Phi) is 6.34. The number of ether oxygens (including phenoxy) is 1. The minimum Gasteiger partial charge on any atom is -0.462 e. The van der Waals surface area contributed by atoms with Crippen LogP contribution < -0.4 is 10.2 Å². The molecule has 0 radical (unpaired) electrons. The van der Waals surface area contributed by atoms with Crippen LogP contribution in [0, 0.1) is 0 Å². The Bertz CT molecular complexity index is 983. The predicted molar refractivity (Wildman–Crippen MR) is 112 cm³/mol. The number of imide groups is 1. The van der Waals surface area contributed by atoms with Crippen LogP contribution in [0.15, 0.2) is 59.3 Å². The molecule has 7 heteroatoms. The topological polar surface area (TPSA) is 75.7 Å². The molecule has 0 bridgehead atoms. The quantitative estimate of drug-likeness (QED) is 0.543. The Morgan fingerprint density at radius 3 is 2.38 bits per heavy atom. The maximum Gasteiger partial charge on any atom is 0.338 e. The van der Waals surface area contributed by atoms with Gasteiger partial charge in [0.05, 0.1) is 17.9 Å². The summed E-state index contributed by atoms with van der Waals surface area (Å²) in [5.74, 6) is -1.62. The van der Waals surface area contributed by atoms with Crippen LogP contribution in [0.4, 0.5) is 11.4 Å². The SMILES string of the molecule is CCCOC(=O)c1ccc(N2C(=O)C(Cl)=C(Nc3ccccc3CC)C2=O)cc1. The van der Waals surface area contributed by atoms with Gasteiger partial charge in [-0.1, -0.05) is 43.6 Å². The van der Waals surface area contributed by atoms with E-state index in [1.165, 1.54) is 24.3 Å². The largest absolute Gasteiger partial charge is 0.462 e. The molecular formula is C22H21ClN2O4. The van der Waals surface area contributed by atoms with Crippen molar-refractivity contribution in [3.63, 3.8) is 0 Å². The molecule has 1 aliphatic heterocycles. The number of aryl methyl sites for hydroxylation is 1. The lowest BCUT2D eigenvalue weighted by molar-refractivity contribution is -0.120. The summed E-state index contributed by atoms with van der Waals surface area (Å²) in [6.45, 7) is 4.23. The van der Waals surface area contributed by atoms with Crippen LogP contribution in [0.25, 0.3) is 0 Å². The van der Waals surface area contributed by atoms with Crippen molar-refractivity contribution in [1.29, 1.82) is 0 Å². The molecule has 2 aromatic carbocycles. The van der Waals surface area contributed by atoms with E-state index in [0.717, 1.165) is 29.0 Å². The van der Waals surface area contributed by atoms with Gasteiger partial charge in [0.15, 0.2) is 0 Å². The first-order chi connectivity index (χ1) is 14.0. The molecule has 0 aromatic heterocycles. The molecule has 150 valence electrons. The van der Waals surface area contributed by atoms with Crippen LogP contribution in [0.2, 0.25) is 0 Å². The van der Waals surface area contributed by atoms with Crippen LogP contribution >= 0.6 is 11.6 Å². The highest BCUT2D eigenvalue weighted by Crippen LogP contribution is 2.31. The van der Waals surface area contributed by atoms with E-state index < -0.39 is 17.8 Å². The molecule has 0 saturated heterocycles. The predicted octanol–water partition coefficient (Wildman–Crippen LogP) is 4.25. The summed E-state index contributed by atoms with van der Waals surface area (Å²) in [6.07, 6.45) is 1.48. The van der Waals surface area contributed by atoms with E-state index in [0.29, 0.717) is 17.9 Å². The van der Waals surface area contributed by atoms with Gasteiger partial charge in [0.25, 0.3) is 11.8 Å². The van der Waals surface area contributed by atoms with Gasteiger partial charge in [-0.2, -0.15) is 0 Å². The number of anilines is 2. The lowest BCUT2D eigenvalue weighted by Crippen LogP contribution is -2.32. The first-order valence-electron chi connectivity index (χ1n) is 9.38. The number of carbonyl (C=O) groups is 3. The van der Waals surface area contributed by atoms with Crippen LogP contribution in [-0.2, 0) is 20.7 Å². The zero-order chi connectivity index (χ0) is 21.0. The van der Waals surface area contributed by atoms with Gasteiger partial charge in [0, 0.05) is 5.69 Å². The van der Waals surface area contributed by atoms with Gasteiger partial charge in [-0.3, -0.25) is 9.59 Å². The first kappa shape index (κ1) is 20.6. The third kappa shape index (κ3) is 4.17. The number of amides is 2. The molecular weight excluding hydrogens is 392 g/mol. The van der Waals surface area contributed by atoms with E-state index in [-0.39, 0.29) is 10.7 Å². The molecule has 2 aromatic rings. The number of halogens is 1. The molecule has 2 amide bonds. The van der Waals surface area contributed by atoms with E-state index >= 15 is 0 Å². The molecule has 0 atom stereocenters. The van der Waals surface area contributed by atoms with E-state index in [9.17, 15) is 14.4 Å². The molecule has 6 nitrogen and oxygen atoms in total. The van der Waals surface area contributed by atoms with Crippen molar-refractivity contribution in [3.8, 4) is 0 Å². The molecule has 1 aliphatic rings. The lowest BCUT2D eigenvalue weighted by Gasteiger charge is -2.16. The Hall–Kier alpha value is -3.12. The standard InChI is InChI=1S/C22H21ClN2O4/c1-3-13-29-22(28)15-9-11-16(12-10-15)25-20(26)18(23)19(21(25)27)24-17-8-6-5-7-14(17)4-2/h5-12,24H,3-4,13H2,1-2H3. The van der Waals surface area contributed by atoms with Crippen molar-refractivity contribution in [3.05, 3.63) is 70.4 Å². The summed E-state index contributed by atoms with van der Waals surface area (Å²) in [5, 5.41) is 2.83. The number of carbonyl (C=O) groups excluding carboxylic acids is 3. The number of nitrogens with one attached hydrogen (secondary N) is 1. The van der Waals surface area contributed by atoms with Gasteiger partial charge in [-0.05, 0) is 48.7 Å². The number of esters is 1. The number of para-hydroxylation sites is 1. The second-order valence-electron chi connectivity index (χ2n) is 6.45. The molecule has 0 fully saturated rings. The zero-order valence-corrected chi connectivity index (χ0v) is 17.0. The second kappa shape index (κ2) is 8.92. The molecule has 0 saturated carbocycles. The minimum absolute atomic E-state index is 0.0315. The third-order valence-electron chi connectivity index (χ3n) is 4.48. The molecule has 0 spiro atoms. The Morgan fingerprint density at radius 1 is 1.03 bits per heavy atom. The third-order valence-corrected chi connectivity index (χ3v) is 4.83. The zero-order valence-electron chi connectivity index (χ0n) is 16.2. The van der Waals surface area contributed by atoms with E-state index in [1.807, 2.05) is 38.1 Å². The minimum atomic E-state index is -0.616. The Balaban J connectivity index is 1.82. The van der Waals surface area contributed by atoms with Crippen molar-refractivity contribution >= 4 is 40.8 Å². The van der Waals surface area contributed by atoms with E-state index in [1.54, 1.807) is 0 Å². The van der Waals surface area contributed by atoms with Gasteiger partial charge in [0.2, 0.25) is 0 Å². The van der Waals surface area contributed by atoms with Crippen molar-refractivity contribution in [2.45, 2.75) is 26.7 Å². The van der Waals surface area contributed by atoms with Crippen molar-refractivity contribution in [1.82, 2.24) is 0 Å². The van der Waals surface area contributed by atoms with Gasteiger partial charge in [-0.15, -0.1) is 0 Å². The van der Waals surface area contributed by atoms with Crippen LogP contribution in [0.3, 0.4) is 0 Å². The number of nitrogens with zero attached hydrogens (tertiary/aromatic N) is 1. The number of hydrogen-bond donors (Lipinski definition) is 1. The fraction of sp³-hybridized carbons (Fsp3) is 0.227. The van der Waals surface area contributed by atoms with Crippen molar-refractivity contribution in [2.75, 3.05) is 16.8 Å². The fourth-order valence-electron chi connectivity index (χ4n) is 2.96. The highest BCUT2D eigenvalue weighted by Gasteiger charge is 2.39. The normalized spacial score (nSPS) is 13.8. The number of rotatable bonds is 7. The molecule has 3 rings (SSSR count). The first-order valence-corrected chi connectivity index (χ1v) is 9.76. The molecule has 0 aliphatic carbocycles. The Morgan fingerprint density at radius 2 is 1.72 bits per heavy atom. The van der Waals surface area contributed by atoms with E-state index in [2.05, 4.69) is 5.32 Å². The van der Waals surface area contributed by atoms with Crippen LogP contribution in [0.5, 0.6) is 0 Å². The monoisotopic (exact) mass is 412 g/mol.